The molecule has 0 spiro atoms. The lowest BCUT2D eigenvalue weighted by atomic mass is 10.0. The molecule has 112 valence electrons. The van der Waals surface area contributed by atoms with E-state index in [9.17, 15) is 4.79 Å². The number of ketones is 1. The molecule has 4 nitrogen and oxygen atoms in total. The van der Waals surface area contributed by atoms with Crippen LogP contribution in [0.25, 0.3) is 0 Å². The number of nitrogens with zero attached hydrogens (tertiary/aromatic N) is 2. The van der Waals surface area contributed by atoms with Crippen LogP contribution in [0.4, 0.5) is 0 Å². The maximum absolute atomic E-state index is 12.0. The fraction of sp³-hybridized carbons (Fsp3) is 0.412. The lowest BCUT2D eigenvalue weighted by molar-refractivity contribution is -0.118. The van der Waals surface area contributed by atoms with Crippen LogP contribution in [0.1, 0.15) is 50.0 Å². The average molecular weight is 285 g/mol. The third kappa shape index (κ3) is 4.53. The van der Waals surface area contributed by atoms with E-state index in [1.807, 2.05) is 47.3 Å². The van der Waals surface area contributed by atoms with Gasteiger partial charge in [-0.25, -0.2) is 0 Å². The second-order valence-corrected chi connectivity index (χ2v) is 5.65. The highest BCUT2D eigenvalue weighted by Gasteiger charge is 2.11. The van der Waals surface area contributed by atoms with E-state index >= 15 is 0 Å². The topological polar surface area (TPSA) is 60.9 Å². The van der Waals surface area contributed by atoms with E-state index in [2.05, 4.69) is 18.9 Å². The van der Waals surface area contributed by atoms with Gasteiger partial charge in [0.1, 0.15) is 5.78 Å². The molecule has 0 aliphatic rings. The summed E-state index contributed by atoms with van der Waals surface area (Å²) < 4.78 is 1.87. The zero-order chi connectivity index (χ0) is 15.2. The Labute approximate surface area is 126 Å². The van der Waals surface area contributed by atoms with Crippen LogP contribution in [0, 0.1) is 0 Å². The van der Waals surface area contributed by atoms with Crippen molar-refractivity contribution in [1.82, 2.24) is 9.78 Å². The highest BCUT2D eigenvalue weighted by molar-refractivity contribution is 5.80. The summed E-state index contributed by atoms with van der Waals surface area (Å²) >= 11 is 0. The van der Waals surface area contributed by atoms with E-state index < -0.39 is 0 Å². The van der Waals surface area contributed by atoms with Crippen molar-refractivity contribution in [1.29, 1.82) is 0 Å². The number of Topliss-reactive ketones (excluding diaryl/α,β-unsaturated/α-hetero) is 1. The van der Waals surface area contributed by atoms with Crippen molar-refractivity contribution in [2.75, 3.05) is 0 Å². The number of hydrogen-bond acceptors (Lipinski definition) is 3. The average Bonchev–Trinajstić information content (AvgIpc) is 2.94. The number of carbonyl (C=O) groups is 1. The van der Waals surface area contributed by atoms with Crippen molar-refractivity contribution in [3.05, 3.63) is 53.9 Å². The van der Waals surface area contributed by atoms with Crippen molar-refractivity contribution in [2.45, 2.75) is 45.2 Å². The SMILES string of the molecule is CC(C)n1ccc(CC(=O)CCC(N)c2ccccc2)n1. The van der Waals surface area contributed by atoms with Gasteiger partial charge < -0.3 is 5.73 Å². The molecule has 0 radical (unpaired) electrons. The first-order valence-corrected chi connectivity index (χ1v) is 7.42. The summed E-state index contributed by atoms with van der Waals surface area (Å²) in [5.41, 5.74) is 8.02. The Balaban J connectivity index is 1.82. The minimum atomic E-state index is -0.0802. The Morgan fingerprint density at radius 3 is 2.57 bits per heavy atom. The summed E-state index contributed by atoms with van der Waals surface area (Å²) in [5, 5.41) is 4.40. The van der Waals surface area contributed by atoms with E-state index in [0.717, 1.165) is 11.3 Å². The Kier molecular flexibility index (Phi) is 5.28. The van der Waals surface area contributed by atoms with E-state index in [4.69, 9.17) is 5.73 Å². The fourth-order valence-corrected chi connectivity index (χ4v) is 2.23. The highest BCUT2D eigenvalue weighted by Crippen LogP contribution is 2.16. The zero-order valence-electron chi connectivity index (χ0n) is 12.7. The summed E-state index contributed by atoms with van der Waals surface area (Å²) in [6, 6.07) is 12.1. The van der Waals surface area contributed by atoms with E-state index in [1.165, 1.54) is 0 Å². The molecular weight excluding hydrogens is 262 g/mol. The number of nitrogens with two attached hydrogens (primary N) is 1. The highest BCUT2D eigenvalue weighted by atomic mass is 16.1. The standard InChI is InChI=1S/C17H23N3O/c1-13(2)20-11-10-15(19-20)12-16(21)8-9-17(18)14-6-4-3-5-7-14/h3-7,10-11,13,17H,8-9,12,18H2,1-2H3. The van der Waals surface area contributed by atoms with Gasteiger partial charge >= 0.3 is 0 Å². The molecule has 21 heavy (non-hydrogen) atoms. The van der Waals surface area contributed by atoms with Gasteiger partial charge in [-0.05, 0) is 31.9 Å². The van der Waals surface area contributed by atoms with Gasteiger partial charge in [-0.15, -0.1) is 0 Å². The third-order valence-electron chi connectivity index (χ3n) is 3.53. The van der Waals surface area contributed by atoms with Crippen molar-refractivity contribution >= 4 is 5.78 Å². The van der Waals surface area contributed by atoms with Gasteiger partial charge in [-0.3, -0.25) is 9.48 Å². The molecule has 1 heterocycles. The predicted molar refractivity (Wildman–Crippen MR) is 83.9 cm³/mol. The molecule has 1 atom stereocenters. The van der Waals surface area contributed by atoms with Gasteiger partial charge in [0.2, 0.25) is 0 Å². The zero-order valence-corrected chi connectivity index (χ0v) is 12.7. The van der Waals surface area contributed by atoms with Gasteiger partial charge in [-0.2, -0.15) is 5.10 Å². The Morgan fingerprint density at radius 2 is 1.95 bits per heavy atom. The molecule has 2 rings (SSSR count). The number of hydrogen-bond donors (Lipinski definition) is 1. The molecule has 1 unspecified atom stereocenters. The maximum Gasteiger partial charge on any atom is 0.138 e. The van der Waals surface area contributed by atoms with Crippen LogP contribution in [0.15, 0.2) is 42.6 Å². The second kappa shape index (κ2) is 7.18. The van der Waals surface area contributed by atoms with Gasteiger partial charge in [0, 0.05) is 24.7 Å². The Bertz CT molecular complexity index is 575. The molecule has 0 aliphatic heterocycles. The van der Waals surface area contributed by atoms with Crippen LogP contribution in [0.5, 0.6) is 0 Å². The summed E-state index contributed by atoms with van der Waals surface area (Å²) in [6.07, 6.45) is 3.47. The summed E-state index contributed by atoms with van der Waals surface area (Å²) in [6.45, 7) is 4.13. The van der Waals surface area contributed by atoms with E-state index in [1.54, 1.807) is 0 Å². The van der Waals surface area contributed by atoms with Crippen molar-refractivity contribution in [3.63, 3.8) is 0 Å². The van der Waals surface area contributed by atoms with Crippen LogP contribution in [0.2, 0.25) is 0 Å². The molecule has 2 aromatic rings. The maximum atomic E-state index is 12.0. The molecular formula is C17H23N3O. The molecule has 0 fully saturated rings. The van der Waals surface area contributed by atoms with Gasteiger partial charge in [-0.1, -0.05) is 30.3 Å². The summed E-state index contributed by atoms with van der Waals surface area (Å²) in [4.78, 5) is 12.0. The third-order valence-corrected chi connectivity index (χ3v) is 3.53. The minimum absolute atomic E-state index is 0.0802. The summed E-state index contributed by atoms with van der Waals surface area (Å²) in [7, 11) is 0. The number of carbonyl (C=O) groups excluding carboxylic acids is 1. The lowest BCUT2D eigenvalue weighted by Crippen LogP contribution is -2.13. The second-order valence-electron chi connectivity index (χ2n) is 5.65. The van der Waals surface area contributed by atoms with Crippen molar-refractivity contribution < 1.29 is 4.79 Å². The van der Waals surface area contributed by atoms with E-state index in [0.29, 0.717) is 25.3 Å². The fourth-order valence-electron chi connectivity index (χ4n) is 2.23. The van der Waals surface area contributed by atoms with Crippen LogP contribution in [0.3, 0.4) is 0 Å². The van der Waals surface area contributed by atoms with Crippen molar-refractivity contribution in [3.8, 4) is 0 Å². The van der Waals surface area contributed by atoms with Crippen LogP contribution < -0.4 is 5.73 Å². The first-order chi connectivity index (χ1) is 10.1. The molecule has 1 aromatic carbocycles. The normalized spacial score (nSPS) is 12.6. The summed E-state index contributed by atoms with van der Waals surface area (Å²) in [5.74, 6) is 0.190. The van der Waals surface area contributed by atoms with Crippen LogP contribution in [-0.2, 0) is 11.2 Å². The van der Waals surface area contributed by atoms with Gasteiger partial charge in [0.05, 0.1) is 12.1 Å². The van der Waals surface area contributed by atoms with E-state index in [-0.39, 0.29) is 11.8 Å². The first kappa shape index (κ1) is 15.4. The smallest absolute Gasteiger partial charge is 0.138 e. The predicted octanol–water partition coefficient (Wildman–Crippen LogP) is 3.06. The Hall–Kier alpha value is -1.94. The molecule has 0 saturated heterocycles. The van der Waals surface area contributed by atoms with Crippen LogP contribution >= 0.6 is 0 Å². The van der Waals surface area contributed by atoms with Gasteiger partial charge in [0.15, 0.2) is 0 Å². The first-order valence-electron chi connectivity index (χ1n) is 7.42. The number of benzene rings is 1. The molecule has 4 heteroatoms. The largest absolute Gasteiger partial charge is 0.324 e. The monoisotopic (exact) mass is 285 g/mol. The lowest BCUT2D eigenvalue weighted by Gasteiger charge is -2.10. The van der Waals surface area contributed by atoms with Gasteiger partial charge in [0.25, 0.3) is 0 Å². The minimum Gasteiger partial charge on any atom is -0.324 e. The van der Waals surface area contributed by atoms with Crippen molar-refractivity contribution in [2.24, 2.45) is 5.73 Å². The molecule has 2 N–H and O–H groups in total. The molecule has 1 aromatic heterocycles. The quantitative estimate of drug-likeness (QED) is 0.850. The molecule has 0 saturated carbocycles. The molecule has 0 aliphatic carbocycles. The Morgan fingerprint density at radius 1 is 1.24 bits per heavy atom. The molecule has 0 amide bonds. The van der Waals surface area contributed by atoms with Crippen LogP contribution in [-0.4, -0.2) is 15.6 Å². The number of rotatable bonds is 7. The molecule has 0 bridgehead atoms. The number of aromatic nitrogens is 2.